The van der Waals surface area contributed by atoms with E-state index in [9.17, 15) is 0 Å². The van der Waals surface area contributed by atoms with Gasteiger partial charge in [-0.05, 0) is 43.2 Å². The Labute approximate surface area is 250 Å². The Balaban J connectivity index is 0.00000760. The van der Waals surface area contributed by atoms with Gasteiger partial charge in [-0.3, -0.25) is 4.99 Å². The molecule has 0 aliphatic rings. The van der Waals surface area contributed by atoms with Crippen molar-refractivity contribution < 1.29 is 16.5 Å². The number of benzene rings is 2. The minimum absolute atomic E-state index is 0. The zero-order chi connectivity index (χ0) is 26.8. The molecule has 0 saturated heterocycles. The summed E-state index contributed by atoms with van der Waals surface area (Å²) in [6, 6.07) is 20.2. The van der Waals surface area contributed by atoms with Crippen LogP contribution in [0.15, 0.2) is 82.8 Å². The predicted molar refractivity (Wildman–Crippen MR) is 171 cm³/mol. The van der Waals surface area contributed by atoms with Crippen molar-refractivity contribution in [3.8, 4) is 0 Å². The third-order valence-corrected chi connectivity index (χ3v) is 7.13. The molecule has 0 N–H and O–H groups in total. The van der Waals surface area contributed by atoms with E-state index in [4.69, 9.17) is 4.99 Å². The van der Waals surface area contributed by atoms with Crippen LogP contribution in [-0.2, 0) is 16.5 Å². The van der Waals surface area contributed by atoms with Crippen LogP contribution in [0.5, 0.6) is 0 Å². The van der Waals surface area contributed by atoms with Crippen LogP contribution in [0, 0.1) is 0 Å². The zero-order valence-electron chi connectivity index (χ0n) is 24.7. The molecule has 0 saturated carbocycles. The first-order valence-electron chi connectivity index (χ1n) is 15.8. The second kappa shape index (κ2) is 26.2. The molecule has 0 aromatic heterocycles. The van der Waals surface area contributed by atoms with Crippen LogP contribution in [0.1, 0.15) is 129 Å². The van der Waals surface area contributed by atoms with Crippen LogP contribution in [0.3, 0.4) is 0 Å². The van der Waals surface area contributed by atoms with E-state index in [1.54, 1.807) is 0 Å². The largest absolute Gasteiger partial charge is 0.255 e. The molecule has 0 radical (unpaired) electrons. The SMILES string of the molecule is CCCCCCCCCCCCCCCCCCCC/C=C/C(/C=N/c1ccccc1)=N\c1ccccc1.[Ni]. The molecule has 218 valence electrons. The molecule has 0 amide bonds. The molecule has 3 heteroatoms. The molecule has 0 spiro atoms. The van der Waals surface area contributed by atoms with Gasteiger partial charge >= 0.3 is 0 Å². The third kappa shape index (κ3) is 20.6. The van der Waals surface area contributed by atoms with Crippen molar-refractivity contribution in [2.24, 2.45) is 9.98 Å². The smallest absolute Gasteiger partial charge is 0.0816 e. The number of hydrogen-bond donors (Lipinski definition) is 0. The van der Waals surface area contributed by atoms with E-state index < -0.39 is 0 Å². The monoisotopic (exact) mass is 572 g/mol. The molecule has 0 bridgehead atoms. The average molecular weight is 574 g/mol. The maximum absolute atomic E-state index is 4.77. The zero-order valence-corrected chi connectivity index (χ0v) is 25.6. The Hall–Kier alpha value is -1.99. The van der Waals surface area contributed by atoms with Gasteiger partial charge in [0.05, 0.1) is 23.3 Å². The van der Waals surface area contributed by atoms with Crippen molar-refractivity contribution in [3.05, 3.63) is 72.8 Å². The molecule has 2 aromatic rings. The first kappa shape index (κ1) is 35.0. The van der Waals surface area contributed by atoms with E-state index in [0.717, 1.165) is 23.5 Å². The van der Waals surface area contributed by atoms with Crippen LogP contribution >= 0.6 is 0 Å². The fourth-order valence-corrected chi connectivity index (χ4v) is 4.78. The van der Waals surface area contributed by atoms with Crippen LogP contribution in [0.2, 0.25) is 0 Å². The number of rotatable bonds is 23. The fraction of sp³-hybridized carbons (Fsp3) is 0.556. The summed E-state index contributed by atoms with van der Waals surface area (Å²) < 4.78 is 0. The first-order valence-corrected chi connectivity index (χ1v) is 15.8. The topological polar surface area (TPSA) is 24.7 Å². The number of allylic oxidation sites excluding steroid dienone is 2. The Kier molecular flexibility index (Phi) is 23.6. The summed E-state index contributed by atoms with van der Waals surface area (Å²) in [5, 5.41) is 0. The van der Waals surface area contributed by atoms with Gasteiger partial charge in [-0.25, -0.2) is 4.99 Å². The number of para-hydroxylation sites is 2. The number of nitrogens with zero attached hydrogens (tertiary/aromatic N) is 2. The van der Waals surface area contributed by atoms with Gasteiger partial charge in [0.2, 0.25) is 0 Å². The van der Waals surface area contributed by atoms with Crippen molar-refractivity contribution in [1.29, 1.82) is 0 Å². The van der Waals surface area contributed by atoms with Gasteiger partial charge in [0.1, 0.15) is 0 Å². The van der Waals surface area contributed by atoms with Crippen molar-refractivity contribution in [2.75, 3.05) is 0 Å². The molecule has 0 aliphatic carbocycles. The normalized spacial score (nSPS) is 11.9. The molecule has 2 rings (SSSR count). The molecule has 0 unspecified atom stereocenters. The molecule has 2 aromatic carbocycles. The minimum Gasteiger partial charge on any atom is -0.255 e. The Morgan fingerprint density at radius 2 is 0.949 bits per heavy atom. The van der Waals surface area contributed by atoms with E-state index in [-0.39, 0.29) is 16.5 Å². The Morgan fingerprint density at radius 3 is 1.41 bits per heavy atom. The Bertz CT molecular complexity index is 873. The van der Waals surface area contributed by atoms with Gasteiger partial charge in [0, 0.05) is 16.5 Å². The molecule has 39 heavy (non-hydrogen) atoms. The van der Waals surface area contributed by atoms with E-state index in [0.29, 0.717) is 0 Å². The van der Waals surface area contributed by atoms with Crippen LogP contribution in [0.25, 0.3) is 0 Å². The van der Waals surface area contributed by atoms with Crippen molar-refractivity contribution >= 4 is 23.3 Å². The minimum atomic E-state index is 0. The van der Waals surface area contributed by atoms with Crippen LogP contribution in [0.4, 0.5) is 11.4 Å². The van der Waals surface area contributed by atoms with Gasteiger partial charge < -0.3 is 0 Å². The molecule has 0 atom stereocenters. The van der Waals surface area contributed by atoms with Gasteiger partial charge in [-0.15, -0.1) is 0 Å². The molecule has 2 nitrogen and oxygen atoms in total. The maximum Gasteiger partial charge on any atom is 0.0816 e. The molecular weight excluding hydrogens is 519 g/mol. The second-order valence-electron chi connectivity index (χ2n) is 10.7. The average Bonchev–Trinajstić information content (AvgIpc) is 2.96. The molecule has 0 aliphatic heterocycles. The van der Waals surface area contributed by atoms with Crippen molar-refractivity contribution in [3.63, 3.8) is 0 Å². The van der Waals surface area contributed by atoms with Crippen molar-refractivity contribution in [1.82, 2.24) is 0 Å². The second-order valence-corrected chi connectivity index (χ2v) is 10.7. The van der Waals surface area contributed by atoms with Gasteiger partial charge in [0.15, 0.2) is 0 Å². The summed E-state index contributed by atoms with van der Waals surface area (Å²) in [5.41, 5.74) is 2.80. The quantitative estimate of drug-likeness (QED) is 0.0718. The number of hydrogen-bond acceptors (Lipinski definition) is 2. The summed E-state index contributed by atoms with van der Waals surface area (Å²) in [6.45, 7) is 2.30. The standard InChI is InChI=1S/C36H54N2.Ni/c1-2-3-4-5-6-7-8-9-10-11-12-13-14-15-16-17-18-19-20-23-32-36(38-35-30-26-22-27-31-35)33-37-34-28-24-21-25-29-34;/h21-33H,2-20H2,1H3;/b32-23+,37-33+,38-36+;. The van der Waals surface area contributed by atoms with E-state index >= 15 is 0 Å². The summed E-state index contributed by atoms with van der Waals surface area (Å²) in [6.07, 6.45) is 32.9. The molecule has 0 heterocycles. The van der Waals surface area contributed by atoms with E-state index in [1.165, 1.54) is 116 Å². The molecular formula is C36H54N2Ni. The van der Waals surface area contributed by atoms with Gasteiger partial charge in [0.25, 0.3) is 0 Å². The summed E-state index contributed by atoms with van der Waals surface area (Å²) in [5.74, 6) is 0. The van der Waals surface area contributed by atoms with E-state index in [1.807, 2.05) is 66.9 Å². The van der Waals surface area contributed by atoms with Crippen LogP contribution < -0.4 is 0 Å². The summed E-state index contributed by atoms with van der Waals surface area (Å²) >= 11 is 0. The fourth-order valence-electron chi connectivity index (χ4n) is 4.78. The van der Waals surface area contributed by atoms with E-state index in [2.05, 4.69) is 24.1 Å². The maximum atomic E-state index is 4.77. The van der Waals surface area contributed by atoms with Crippen LogP contribution in [-0.4, -0.2) is 11.9 Å². The first-order chi connectivity index (χ1) is 18.9. The summed E-state index contributed by atoms with van der Waals surface area (Å²) in [4.78, 5) is 9.37. The summed E-state index contributed by atoms with van der Waals surface area (Å²) in [7, 11) is 0. The predicted octanol–water partition coefficient (Wildman–Crippen LogP) is 12.1. The van der Waals surface area contributed by atoms with Gasteiger partial charge in [-0.2, -0.15) is 0 Å². The third-order valence-electron chi connectivity index (χ3n) is 7.13. The van der Waals surface area contributed by atoms with Gasteiger partial charge in [-0.1, -0.05) is 159 Å². The number of unbranched alkanes of at least 4 members (excludes halogenated alkanes) is 18. The Morgan fingerprint density at radius 1 is 0.538 bits per heavy atom. The molecule has 0 fully saturated rings. The van der Waals surface area contributed by atoms with Crippen molar-refractivity contribution in [2.45, 2.75) is 129 Å². The number of aliphatic imine (C=N–C) groups is 2.